The maximum atomic E-state index is 13.6. The Morgan fingerprint density at radius 1 is 0.383 bits per heavy atom. The fraction of sp³-hybridized carbons (Fsp3) is 0.250. The summed E-state index contributed by atoms with van der Waals surface area (Å²) in [4.78, 5) is 82.9. The predicted molar refractivity (Wildman–Crippen MR) is 457 cm³/mol. The molecular weight excluding hydrogens is 1630 g/mol. The van der Waals surface area contributed by atoms with Crippen molar-refractivity contribution in [3.05, 3.63) is 239 Å². The number of fused-ring (bicyclic) bond motifs is 4. The number of benzene rings is 8. The van der Waals surface area contributed by atoms with Crippen molar-refractivity contribution in [3.8, 4) is 0 Å². The minimum absolute atomic E-state index is 0.00874. The van der Waals surface area contributed by atoms with Crippen LogP contribution >= 0.6 is 45.3 Å². The second-order valence-electron chi connectivity index (χ2n) is 26.7. The molecule has 0 fully saturated rings. The van der Waals surface area contributed by atoms with Gasteiger partial charge in [-0.2, -0.15) is 0 Å². The van der Waals surface area contributed by atoms with Gasteiger partial charge in [0, 0.05) is 71.1 Å². The molecule has 115 heavy (non-hydrogen) atoms. The lowest BCUT2D eigenvalue weighted by molar-refractivity contribution is 0.0592. The van der Waals surface area contributed by atoms with E-state index < -0.39 is 63.6 Å². The number of nitrogens with one attached hydrogen (secondary N) is 1. The first-order valence-corrected chi connectivity index (χ1v) is 45.3. The minimum Gasteiger partial charge on any atom is -0.478 e. The Hall–Kier alpha value is -10.4. The number of aromatic carboxylic acids is 1. The van der Waals surface area contributed by atoms with E-state index in [0.29, 0.717) is 74.0 Å². The number of hydrogen-bond acceptors (Lipinski definition) is 22. The third-order valence-corrected chi connectivity index (χ3v) is 30.0. The van der Waals surface area contributed by atoms with Gasteiger partial charge in [0.2, 0.25) is 0 Å². The van der Waals surface area contributed by atoms with Gasteiger partial charge in [0.05, 0.1) is 72.8 Å². The molecule has 12 aromatic rings. The second kappa shape index (κ2) is 37.9. The lowest BCUT2D eigenvalue weighted by Crippen LogP contribution is -2.33. The molecule has 8 aromatic carbocycles. The highest BCUT2D eigenvalue weighted by atomic mass is 32.2. The van der Waals surface area contributed by atoms with Crippen LogP contribution in [-0.4, -0.2) is 119 Å². The number of sulfonamides is 4. The minimum atomic E-state index is -3.97. The van der Waals surface area contributed by atoms with Crippen LogP contribution in [0.4, 0.5) is 20.0 Å². The van der Waals surface area contributed by atoms with E-state index in [1.165, 1.54) is 197 Å². The molecule has 0 saturated carbocycles. The molecule has 0 spiro atoms. The summed E-state index contributed by atoms with van der Waals surface area (Å²) in [6.07, 6.45) is 4.36. The van der Waals surface area contributed by atoms with Crippen molar-refractivity contribution >= 4 is 187 Å². The van der Waals surface area contributed by atoms with E-state index in [1.807, 2.05) is 106 Å². The zero-order chi connectivity index (χ0) is 84.1. The van der Waals surface area contributed by atoms with E-state index in [0.717, 1.165) is 54.2 Å². The number of carboxylic acids is 1. The van der Waals surface area contributed by atoms with Gasteiger partial charge in [-0.15, -0.1) is 45.3 Å². The van der Waals surface area contributed by atoms with Gasteiger partial charge in [0.1, 0.15) is 20.0 Å². The standard InChI is InChI=1S/C23H27NO4S2.C22H23NO5S2.C21H21NO5S2.C18H15NO5S2/c1-5-6-15-24(30(27,28)18-13-11-17(12-14-18)16(2)25)22-21(23(3,4)26)19-9-7-8-10-20(19)29-22;1-4-5-14-23(21-20(15(2)24)18-8-6-7-9-19(18)29-21)30(26,27)17-12-10-16(11-13-17)22(25)28-3;1-3-4-13-22(29(26,27)16-11-9-15(10-12-16)21(24)25)20-19(14(2)23)17-7-5-6-8-18(17)28-20;1-11(20)16-14-5-3-4-6-15(14)25-17(16)19-26(22,23)13-9-7-12(8-10-13)18(21)24-2/h7-14,26H,5-6,15H2,1-4H3;6-13H,4-5,14H2,1-3H3;5-12H,3-4,13H2,1-2H3,(H,24,25);3-10,19H,1-2H3. The highest BCUT2D eigenvalue weighted by Gasteiger charge is 2.36. The van der Waals surface area contributed by atoms with Gasteiger partial charge in [-0.25, -0.2) is 48.1 Å². The average molecular weight is 1710 g/mol. The molecule has 0 atom stereocenters. The first kappa shape index (κ1) is 88.6. The van der Waals surface area contributed by atoms with Crippen molar-refractivity contribution in [2.45, 2.75) is 126 Å². The van der Waals surface area contributed by atoms with Crippen molar-refractivity contribution in [2.24, 2.45) is 0 Å². The van der Waals surface area contributed by atoms with Crippen LogP contribution < -0.4 is 17.6 Å². The highest BCUT2D eigenvalue weighted by molar-refractivity contribution is 7.94. The van der Waals surface area contributed by atoms with Crippen LogP contribution in [-0.2, 0) is 55.2 Å². The predicted octanol–water partition coefficient (Wildman–Crippen LogP) is 18.7. The molecule has 0 saturated heterocycles. The summed E-state index contributed by atoms with van der Waals surface area (Å²) in [5.41, 5.74) is 1.55. The third kappa shape index (κ3) is 20.1. The molecule has 0 aliphatic heterocycles. The fourth-order valence-electron chi connectivity index (χ4n) is 12.2. The molecule has 12 rings (SSSR count). The molecule has 0 aliphatic rings. The van der Waals surface area contributed by atoms with Crippen LogP contribution in [0.3, 0.4) is 0 Å². The summed E-state index contributed by atoms with van der Waals surface area (Å²) in [5.74, 6) is -2.93. The second-order valence-corrected chi connectivity index (χ2v) is 38.1. The summed E-state index contributed by atoms with van der Waals surface area (Å²) in [7, 11) is -13.2. The number of carbonyl (C=O) groups excluding carboxylic acids is 6. The Balaban J connectivity index is 0.000000176. The van der Waals surface area contributed by atoms with E-state index in [-0.39, 0.29) is 77.5 Å². The molecule has 23 nitrogen and oxygen atoms in total. The zero-order valence-electron chi connectivity index (χ0n) is 64.8. The van der Waals surface area contributed by atoms with Crippen LogP contribution in [0.5, 0.6) is 0 Å². The zero-order valence-corrected chi connectivity index (χ0v) is 71.3. The van der Waals surface area contributed by atoms with Crippen molar-refractivity contribution in [1.29, 1.82) is 0 Å². The number of ketones is 4. The number of esters is 2. The van der Waals surface area contributed by atoms with Crippen LogP contribution in [0.25, 0.3) is 40.3 Å². The molecule has 4 aromatic heterocycles. The number of thiophene rings is 4. The summed E-state index contributed by atoms with van der Waals surface area (Å²) in [6, 6.07) is 51.8. The number of rotatable bonds is 29. The van der Waals surface area contributed by atoms with Gasteiger partial charge < -0.3 is 19.7 Å². The summed E-state index contributed by atoms with van der Waals surface area (Å²) in [5, 5.41) is 24.7. The quantitative estimate of drug-likeness (QED) is 0.0289. The number of anilines is 4. The van der Waals surface area contributed by atoms with Crippen LogP contribution in [0.15, 0.2) is 214 Å². The number of ether oxygens (including phenoxy) is 2. The first-order valence-electron chi connectivity index (χ1n) is 36.2. The molecule has 604 valence electrons. The van der Waals surface area contributed by atoms with Gasteiger partial charge in [-0.3, -0.25) is 36.8 Å². The monoisotopic (exact) mass is 1710 g/mol. The number of methoxy groups -OCH3 is 2. The van der Waals surface area contributed by atoms with Gasteiger partial charge in [-0.1, -0.05) is 125 Å². The first-order chi connectivity index (χ1) is 54.5. The Labute approximate surface area is 684 Å². The fourth-order valence-corrected chi connectivity index (χ4v) is 23.8. The van der Waals surface area contributed by atoms with E-state index in [9.17, 15) is 72.3 Å². The van der Waals surface area contributed by atoms with Crippen molar-refractivity contribution in [2.75, 3.05) is 51.5 Å². The molecule has 0 bridgehead atoms. The van der Waals surface area contributed by atoms with E-state index >= 15 is 0 Å². The largest absolute Gasteiger partial charge is 0.478 e. The maximum Gasteiger partial charge on any atom is 0.337 e. The third-order valence-electron chi connectivity index (χ3n) is 18.0. The van der Waals surface area contributed by atoms with Gasteiger partial charge in [0.25, 0.3) is 40.1 Å². The van der Waals surface area contributed by atoms with Gasteiger partial charge in [0.15, 0.2) is 23.1 Å². The number of unbranched alkanes of at least 4 members (excludes halogenated alkanes) is 3. The van der Waals surface area contributed by atoms with E-state index in [2.05, 4.69) is 14.2 Å². The number of carbonyl (C=O) groups is 7. The van der Waals surface area contributed by atoms with Crippen LogP contribution in [0.1, 0.15) is 179 Å². The molecule has 3 N–H and O–H groups in total. The van der Waals surface area contributed by atoms with Crippen molar-refractivity contribution < 1.29 is 86.9 Å². The molecule has 0 aliphatic carbocycles. The Bertz CT molecular complexity index is 6090. The number of hydrogen-bond donors (Lipinski definition) is 3. The van der Waals surface area contributed by atoms with Crippen LogP contribution in [0.2, 0.25) is 0 Å². The summed E-state index contributed by atoms with van der Waals surface area (Å²) < 4.78 is 126. The maximum absolute atomic E-state index is 13.6. The van der Waals surface area contributed by atoms with Crippen molar-refractivity contribution in [1.82, 2.24) is 0 Å². The lowest BCUT2D eigenvalue weighted by atomic mass is 9.97. The lowest BCUT2D eigenvalue weighted by Gasteiger charge is -2.28. The summed E-state index contributed by atoms with van der Waals surface area (Å²) >= 11 is 5.14. The SMILES string of the molecule is CCCCN(c1sc2ccccc2c1C(C)(C)O)S(=O)(=O)c1ccc(C(C)=O)cc1.CCCCN(c1sc2ccccc2c1C(C)=O)S(=O)(=O)c1ccc(C(=O)O)cc1.CCCCN(c1sc2ccccc2c1C(C)=O)S(=O)(=O)c1ccc(C(=O)OC)cc1.COC(=O)c1ccc(S(=O)(=O)Nc2sc3ccccc3c2C(C)=O)cc1. The molecule has 0 amide bonds. The Morgan fingerprint density at radius 2 is 0.678 bits per heavy atom. The van der Waals surface area contributed by atoms with Crippen LogP contribution in [0, 0.1) is 0 Å². The molecule has 4 heterocycles. The molecule has 0 unspecified atom stereocenters. The molecule has 0 radical (unpaired) electrons. The van der Waals surface area contributed by atoms with Crippen molar-refractivity contribution in [3.63, 3.8) is 0 Å². The number of nitrogens with zero attached hydrogens (tertiary/aromatic N) is 3. The highest BCUT2D eigenvalue weighted by Crippen LogP contribution is 2.47. The Kier molecular flexibility index (Phi) is 29.2. The topological polar surface area (TPSA) is 337 Å². The summed E-state index contributed by atoms with van der Waals surface area (Å²) in [6.45, 7) is 15.8. The van der Waals surface area contributed by atoms with E-state index in [1.54, 1.807) is 26.0 Å². The molecule has 31 heteroatoms. The smallest absolute Gasteiger partial charge is 0.337 e. The van der Waals surface area contributed by atoms with Gasteiger partial charge in [-0.05, 0) is 170 Å². The average Bonchev–Trinajstić information content (AvgIpc) is 1.62. The van der Waals surface area contributed by atoms with Gasteiger partial charge >= 0.3 is 17.9 Å². The molecular formula is C84H86N4O19S8. The number of carboxylic acid groups (broad SMARTS) is 1. The van der Waals surface area contributed by atoms with E-state index in [4.69, 9.17) is 5.11 Å². The number of aliphatic hydroxyl groups is 1. The normalized spacial score (nSPS) is 11.7. The number of Topliss-reactive ketones (excluding diaryl/α,β-unsaturated/α-hetero) is 4. The Morgan fingerprint density at radius 3 is 1.01 bits per heavy atom.